The number of para-hydroxylation sites is 2. The van der Waals surface area contributed by atoms with Crippen molar-refractivity contribution >= 4 is 17.4 Å². The maximum atomic E-state index is 13.0. The summed E-state index contributed by atoms with van der Waals surface area (Å²) in [6.45, 7) is -0.0204. The van der Waals surface area contributed by atoms with Crippen molar-refractivity contribution in [3.8, 4) is 5.75 Å². The fourth-order valence-electron chi connectivity index (χ4n) is 2.65. The van der Waals surface area contributed by atoms with Crippen LogP contribution in [-0.2, 0) is 0 Å². The van der Waals surface area contributed by atoms with Crippen LogP contribution in [0.4, 0.5) is 15.9 Å². The number of ether oxygens (including phenoxy) is 1. The third-order valence-corrected chi connectivity index (χ3v) is 4.12. The Bertz CT molecular complexity index is 948. The lowest BCUT2D eigenvalue weighted by Crippen LogP contribution is -2.29. The number of rotatable bonds is 7. The average molecular weight is 381 g/mol. The molecule has 3 rings (SSSR count). The summed E-state index contributed by atoms with van der Waals surface area (Å²) in [5.41, 5.74) is 1.50. The van der Waals surface area contributed by atoms with Gasteiger partial charge in [-0.2, -0.15) is 0 Å². The maximum absolute atomic E-state index is 13.0. The van der Waals surface area contributed by atoms with E-state index in [0.29, 0.717) is 28.4 Å². The highest BCUT2D eigenvalue weighted by atomic mass is 19.1. The van der Waals surface area contributed by atoms with E-state index in [4.69, 9.17) is 4.74 Å². The van der Waals surface area contributed by atoms with E-state index in [9.17, 15) is 14.3 Å². The number of aromatic nitrogens is 1. The van der Waals surface area contributed by atoms with Crippen molar-refractivity contribution in [3.05, 3.63) is 83.8 Å². The molecule has 28 heavy (non-hydrogen) atoms. The molecule has 0 aliphatic rings. The van der Waals surface area contributed by atoms with Crippen molar-refractivity contribution < 1.29 is 19.0 Å². The van der Waals surface area contributed by atoms with Gasteiger partial charge < -0.3 is 20.5 Å². The summed E-state index contributed by atoms with van der Waals surface area (Å²) in [6.07, 6.45) is 0.619. The molecule has 1 heterocycles. The van der Waals surface area contributed by atoms with Crippen LogP contribution < -0.4 is 15.4 Å². The summed E-state index contributed by atoms with van der Waals surface area (Å²) in [7, 11) is 1.56. The van der Waals surface area contributed by atoms with Crippen LogP contribution in [0.3, 0.4) is 0 Å². The maximum Gasteiger partial charge on any atom is 0.255 e. The number of pyridine rings is 1. The number of aliphatic hydroxyl groups is 1. The zero-order valence-electron chi connectivity index (χ0n) is 15.2. The quantitative estimate of drug-likeness (QED) is 0.584. The van der Waals surface area contributed by atoms with Gasteiger partial charge in [0.05, 0.1) is 24.5 Å². The molecule has 1 aromatic heterocycles. The van der Waals surface area contributed by atoms with E-state index in [1.165, 1.54) is 24.3 Å². The minimum atomic E-state index is -0.952. The number of carbonyl (C=O) groups is 1. The van der Waals surface area contributed by atoms with Crippen LogP contribution >= 0.6 is 0 Å². The molecular weight excluding hydrogens is 361 g/mol. The number of benzene rings is 2. The van der Waals surface area contributed by atoms with Crippen LogP contribution in [0.5, 0.6) is 5.75 Å². The number of anilines is 2. The fraction of sp³-hybridized carbons (Fsp3) is 0.143. The first-order valence-electron chi connectivity index (χ1n) is 8.65. The smallest absolute Gasteiger partial charge is 0.255 e. The lowest BCUT2D eigenvalue weighted by Gasteiger charge is -2.15. The first-order chi connectivity index (χ1) is 13.6. The second-order valence-electron chi connectivity index (χ2n) is 6.00. The molecule has 0 radical (unpaired) electrons. The van der Waals surface area contributed by atoms with Crippen molar-refractivity contribution in [1.82, 2.24) is 10.3 Å². The largest absolute Gasteiger partial charge is 0.495 e. The first kappa shape index (κ1) is 19.3. The third-order valence-electron chi connectivity index (χ3n) is 4.12. The number of carbonyl (C=O) groups excluding carboxylic acids is 1. The number of amides is 1. The summed E-state index contributed by atoms with van der Waals surface area (Å²) in [4.78, 5) is 16.8. The Kier molecular flexibility index (Phi) is 6.18. The fourth-order valence-corrected chi connectivity index (χ4v) is 2.65. The number of halogens is 1. The van der Waals surface area contributed by atoms with Crippen LogP contribution in [0, 0.1) is 5.82 Å². The molecule has 0 saturated carbocycles. The van der Waals surface area contributed by atoms with Gasteiger partial charge >= 0.3 is 0 Å². The summed E-state index contributed by atoms with van der Waals surface area (Å²) in [6, 6.07) is 16.0. The van der Waals surface area contributed by atoms with Gasteiger partial charge in [0, 0.05) is 12.7 Å². The SMILES string of the molecule is COc1ccccc1Nc1ncccc1C(=O)NCC(O)c1ccc(F)cc1. The van der Waals surface area contributed by atoms with Crippen LogP contribution in [0.1, 0.15) is 22.0 Å². The van der Waals surface area contributed by atoms with E-state index < -0.39 is 12.0 Å². The topological polar surface area (TPSA) is 83.5 Å². The van der Waals surface area contributed by atoms with E-state index >= 15 is 0 Å². The van der Waals surface area contributed by atoms with Gasteiger partial charge in [-0.05, 0) is 42.0 Å². The molecule has 0 aliphatic carbocycles. The normalized spacial score (nSPS) is 11.5. The number of nitrogens with zero attached hydrogens (tertiary/aromatic N) is 1. The zero-order chi connectivity index (χ0) is 19.9. The number of nitrogens with one attached hydrogen (secondary N) is 2. The molecule has 1 atom stereocenters. The Morgan fingerprint density at radius 3 is 2.64 bits per heavy atom. The second kappa shape index (κ2) is 8.96. The number of hydrogen-bond donors (Lipinski definition) is 3. The van der Waals surface area contributed by atoms with E-state index in [0.717, 1.165) is 0 Å². The molecule has 0 aliphatic heterocycles. The van der Waals surface area contributed by atoms with Gasteiger partial charge in [0.25, 0.3) is 5.91 Å². The molecule has 0 fully saturated rings. The standard InChI is InChI=1S/C21H20FN3O3/c1-28-19-7-3-2-6-17(19)25-20-16(5-4-12-23-20)21(27)24-13-18(26)14-8-10-15(22)11-9-14/h2-12,18,26H,13H2,1H3,(H,23,25)(H,24,27). The Hall–Kier alpha value is -3.45. The highest BCUT2D eigenvalue weighted by Crippen LogP contribution is 2.27. The van der Waals surface area contributed by atoms with Crippen molar-refractivity contribution in [2.75, 3.05) is 19.0 Å². The minimum Gasteiger partial charge on any atom is -0.495 e. The Morgan fingerprint density at radius 1 is 1.14 bits per heavy atom. The van der Waals surface area contributed by atoms with E-state index in [1.54, 1.807) is 31.5 Å². The van der Waals surface area contributed by atoms with Gasteiger partial charge in [-0.25, -0.2) is 9.37 Å². The Balaban J connectivity index is 1.71. The van der Waals surface area contributed by atoms with E-state index in [2.05, 4.69) is 15.6 Å². The molecular formula is C21H20FN3O3. The lowest BCUT2D eigenvalue weighted by molar-refractivity contribution is 0.0917. The van der Waals surface area contributed by atoms with E-state index in [1.807, 2.05) is 18.2 Å². The predicted octanol–water partition coefficient (Wildman–Crippen LogP) is 3.44. The molecule has 1 amide bonds. The van der Waals surface area contributed by atoms with Gasteiger partial charge in [0.1, 0.15) is 17.4 Å². The van der Waals surface area contributed by atoms with Gasteiger partial charge in [0.15, 0.2) is 0 Å². The highest BCUT2D eigenvalue weighted by molar-refractivity contribution is 5.99. The van der Waals surface area contributed by atoms with Crippen molar-refractivity contribution in [2.45, 2.75) is 6.10 Å². The Morgan fingerprint density at radius 2 is 1.89 bits per heavy atom. The van der Waals surface area contributed by atoms with Crippen molar-refractivity contribution in [1.29, 1.82) is 0 Å². The molecule has 0 saturated heterocycles. The minimum absolute atomic E-state index is 0.0204. The average Bonchev–Trinajstić information content (AvgIpc) is 2.73. The first-order valence-corrected chi connectivity index (χ1v) is 8.65. The Labute approximate surface area is 162 Å². The molecule has 0 spiro atoms. The number of aliphatic hydroxyl groups excluding tert-OH is 1. The van der Waals surface area contributed by atoms with Gasteiger partial charge in [0.2, 0.25) is 0 Å². The van der Waals surface area contributed by atoms with Crippen LogP contribution in [0.2, 0.25) is 0 Å². The van der Waals surface area contributed by atoms with Crippen LogP contribution in [0.25, 0.3) is 0 Å². The molecule has 0 bridgehead atoms. The monoisotopic (exact) mass is 381 g/mol. The molecule has 7 heteroatoms. The van der Waals surface area contributed by atoms with Crippen LogP contribution in [0.15, 0.2) is 66.9 Å². The lowest BCUT2D eigenvalue weighted by atomic mass is 10.1. The molecule has 3 N–H and O–H groups in total. The number of methoxy groups -OCH3 is 1. The van der Waals surface area contributed by atoms with Gasteiger partial charge in [-0.15, -0.1) is 0 Å². The second-order valence-corrected chi connectivity index (χ2v) is 6.00. The predicted molar refractivity (Wildman–Crippen MR) is 104 cm³/mol. The summed E-state index contributed by atoms with van der Waals surface area (Å²) >= 11 is 0. The molecule has 3 aromatic rings. The van der Waals surface area contributed by atoms with Gasteiger partial charge in [-0.3, -0.25) is 4.79 Å². The highest BCUT2D eigenvalue weighted by Gasteiger charge is 2.16. The zero-order valence-corrected chi connectivity index (χ0v) is 15.2. The summed E-state index contributed by atoms with van der Waals surface area (Å²) in [5.74, 6) is 0.195. The molecule has 6 nitrogen and oxygen atoms in total. The molecule has 1 unspecified atom stereocenters. The van der Waals surface area contributed by atoms with E-state index in [-0.39, 0.29) is 12.4 Å². The molecule has 2 aromatic carbocycles. The van der Waals surface area contributed by atoms with Crippen molar-refractivity contribution in [2.24, 2.45) is 0 Å². The van der Waals surface area contributed by atoms with Crippen molar-refractivity contribution in [3.63, 3.8) is 0 Å². The summed E-state index contributed by atoms with van der Waals surface area (Å²) < 4.78 is 18.3. The number of hydrogen-bond acceptors (Lipinski definition) is 5. The molecule has 144 valence electrons. The third kappa shape index (κ3) is 4.63. The van der Waals surface area contributed by atoms with Gasteiger partial charge in [-0.1, -0.05) is 24.3 Å². The summed E-state index contributed by atoms with van der Waals surface area (Å²) in [5, 5.41) is 16.0. The van der Waals surface area contributed by atoms with Crippen LogP contribution in [-0.4, -0.2) is 29.7 Å².